The second kappa shape index (κ2) is 6.85. The van der Waals surface area contributed by atoms with E-state index in [9.17, 15) is 14.0 Å². The maximum absolute atomic E-state index is 13.0. The van der Waals surface area contributed by atoms with E-state index in [2.05, 4.69) is 5.32 Å². The molecule has 0 aliphatic rings. The fourth-order valence-electron chi connectivity index (χ4n) is 1.89. The zero-order valence-electron chi connectivity index (χ0n) is 12.4. The molecule has 2 aromatic rings. The third-order valence-corrected chi connectivity index (χ3v) is 3.09. The molecule has 0 radical (unpaired) electrons. The summed E-state index contributed by atoms with van der Waals surface area (Å²) in [5, 5.41) is 2.65. The SMILES string of the molecule is CC(=O)c1ccc(OCC(=O)Nc2ccc(F)cc2C)cc1. The van der Waals surface area contributed by atoms with Gasteiger partial charge in [0.25, 0.3) is 5.91 Å². The van der Waals surface area contributed by atoms with Gasteiger partial charge in [-0.1, -0.05) is 0 Å². The highest BCUT2D eigenvalue weighted by Gasteiger charge is 2.07. The van der Waals surface area contributed by atoms with Gasteiger partial charge in [0.15, 0.2) is 12.4 Å². The molecule has 0 atom stereocenters. The molecule has 2 aromatic carbocycles. The van der Waals surface area contributed by atoms with Gasteiger partial charge in [0.2, 0.25) is 0 Å². The number of Topliss-reactive ketones (excluding diaryl/α,β-unsaturated/α-hetero) is 1. The van der Waals surface area contributed by atoms with Crippen LogP contribution < -0.4 is 10.1 Å². The lowest BCUT2D eigenvalue weighted by atomic mass is 10.1. The summed E-state index contributed by atoms with van der Waals surface area (Å²) in [4.78, 5) is 23.0. The number of ketones is 1. The van der Waals surface area contributed by atoms with Gasteiger partial charge in [-0.3, -0.25) is 9.59 Å². The van der Waals surface area contributed by atoms with E-state index in [4.69, 9.17) is 4.74 Å². The molecular weight excluding hydrogens is 285 g/mol. The first kappa shape index (κ1) is 15.7. The smallest absolute Gasteiger partial charge is 0.262 e. The molecule has 5 heteroatoms. The van der Waals surface area contributed by atoms with E-state index in [1.54, 1.807) is 31.2 Å². The molecule has 0 heterocycles. The van der Waals surface area contributed by atoms with E-state index in [1.165, 1.54) is 25.1 Å². The van der Waals surface area contributed by atoms with Crippen molar-refractivity contribution in [3.05, 3.63) is 59.4 Å². The molecule has 2 rings (SSSR count). The largest absolute Gasteiger partial charge is 0.484 e. The summed E-state index contributed by atoms with van der Waals surface area (Å²) >= 11 is 0. The first-order chi connectivity index (χ1) is 10.5. The number of carbonyl (C=O) groups is 2. The van der Waals surface area contributed by atoms with Crippen molar-refractivity contribution in [1.82, 2.24) is 0 Å². The van der Waals surface area contributed by atoms with Crippen molar-refractivity contribution in [1.29, 1.82) is 0 Å². The predicted molar refractivity (Wildman–Crippen MR) is 81.7 cm³/mol. The molecule has 0 aliphatic heterocycles. The van der Waals surface area contributed by atoms with Crippen molar-refractivity contribution < 1.29 is 18.7 Å². The van der Waals surface area contributed by atoms with Crippen LogP contribution in [0.25, 0.3) is 0 Å². The van der Waals surface area contributed by atoms with Crippen LogP contribution in [0.1, 0.15) is 22.8 Å². The summed E-state index contributed by atoms with van der Waals surface area (Å²) < 4.78 is 18.3. The molecule has 0 saturated heterocycles. The van der Waals surface area contributed by atoms with Gasteiger partial charge >= 0.3 is 0 Å². The van der Waals surface area contributed by atoms with Crippen LogP contribution in [0.4, 0.5) is 10.1 Å². The van der Waals surface area contributed by atoms with Gasteiger partial charge in [0.1, 0.15) is 11.6 Å². The molecule has 0 fully saturated rings. The van der Waals surface area contributed by atoms with Crippen LogP contribution in [0.2, 0.25) is 0 Å². The summed E-state index contributed by atoms with van der Waals surface area (Å²) in [5.74, 6) is -0.227. The van der Waals surface area contributed by atoms with Crippen molar-refractivity contribution in [3.63, 3.8) is 0 Å². The van der Waals surface area contributed by atoms with Crippen molar-refractivity contribution in [3.8, 4) is 5.75 Å². The number of halogens is 1. The number of nitrogens with one attached hydrogen (secondary N) is 1. The molecule has 114 valence electrons. The summed E-state index contributed by atoms with van der Waals surface area (Å²) in [7, 11) is 0. The van der Waals surface area contributed by atoms with Crippen molar-refractivity contribution in [2.75, 3.05) is 11.9 Å². The first-order valence-corrected chi connectivity index (χ1v) is 6.75. The third-order valence-electron chi connectivity index (χ3n) is 3.09. The van der Waals surface area contributed by atoms with Gasteiger partial charge < -0.3 is 10.1 Å². The second-order valence-corrected chi connectivity index (χ2v) is 4.88. The summed E-state index contributed by atoms with van der Waals surface area (Å²) in [6, 6.07) is 10.7. The van der Waals surface area contributed by atoms with Crippen LogP contribution in [-0.4, -0.2) is 18.3 Å². The van der Waals surface area contributed by atoms with E-state index in [0.717, 1.165) is 0 Å². The van der Waals surface area contributed by atoms with Crippen LogP contribution in [0.3, 0.4) is 0 Å². The van der Waals surface area contributed by atoms with Gasteiger partial charge in [0.05, 0.1) is 0 Å². The lowest BCUT2D eigenvalue weighted by Crippen LogP contribution is -2.20. The number of anilines is 1. The molecule has 0 aliphatic carbocycles. The highest BCUT2D eigenvalue weighted by molar-refractivity contribution is 5.94. The Morgan fingerprint density at radius 1 is 1.14 bits per heavy atom. The van der Waals surface area contributed by atoms with Crippen LogP contribution in [-0.2, 0) is 4.79 Å². The van der Waals surface area contributed by atoms with E-state index in [1.807, 2.05) is 0 Å². The predicted octanol–water partition coefficient (Wildman–Crippen LogP) is 3.35. The molecule has 0 saturated carbocycles. The van der Waals surface area contributed by atoms with Gasteiger partial charge in [-0.05, 0) is 61.9 Å². The summed E-state index contributed by atoms with van der Waals surface area (Å²) in [6.45, 7) is 3.02. The van der Waals surface area contributed by atoms with Gasteiger partial charge in [-0.15, -0.1) is 0 Å². The number of aryl methyl sites for hydroxylation is 1. The maximum atomic E-state index is 13.0. The quantitative estimate of drug-likeness (QED) is 0.862. The van der Waals surface area contributed by atoms with Gasteiger partial charge in [-0.2, -0.15) is 0 Å². The minimum absolute atomic E-state index is 0.0314. The number of benzene rings is 2. The van der Waals surface area contributed by atoms with E-state index in [-0.39, 0.29) is 24.1 Å². The maximum Gasteiger partial charge on any atom is 0.262 e. The average molecular weight is 301 g/mol. The Labute approximate surface area is 127 Å². The second-order valence-electron chi connectivity index (χ2n) is 4.88. The van der Waals surface area contributed by atoms with Crippen LogP contribution in [0.15, 0.2) is 42.5 Å². The molecular formula is C17H16FNO3. The molecule has 0 aromatic heterocycles. The lowest BCUT2D eigenvalue weighted by molar-refractivity contribution is -0.118. The van der Waals surface area contributed by atoms with Crippen molar-refractivity contribution >= 4 is 17.4 Å². The Hall–Kier alpha value is -2.69. The zero-order valence-corrected chi connectivity index (χ0v) is 12.4. The average Bonchev–Trinajstić information content (AvgIpc) is 2.48. The van der Waals surface area contributed by atoms with Crippen LogP contribution >= 0.6 is 0 Å². The Morgan fingerprint density at radius 2 is 1.82 bits per heavy atom. The monoisotopic (exact) mass is 301 g/mol. The highest BCUT2D eigenvalue weighted by atomic mass is 19.1. The fourth-order valence-corrected chi connectivity index (χ4v) is 1.89. The number of rotatable bonds is 5. The molecule has 1 amide bonds. The standard InChI is InChI=1S/C17H16FNO3/c1-11-9-14(18)5-8-16(11)19-17(21)10-22-15-6-3-13(4-7-15)12(2)20/h3-9H,10H2,1-2H3,(H,19,21). The lowest BCUT2D eigenvalue weighted by Gasteiger charge is -2.10. The Balaban J connectivity index is 1.91. The molecule has 22 heavy (non-hydrogen) atoms. The minimum Gasteiger partial charge on any atom is -0.484 e. The van der Waals surface area contributed by atoms with E-state index < -0.39 is 0 Å². The van der Waals surface area contributed by atoms with E-state index in [0.29, 0.717) is 22.6 Å². The molecule has 4 nitrogen and oxygen atoms in total. The van der Waals surface area contributed by atoms with Crippen LogP contribution in [0, 0.1) is 12.7 Å². The van der Waals surface area contributed by atoms with E-state index >= 15 is 0 Å². The van der Waals surface area contributed by atoms with Gasteiger partial charge in [0, 0.05) is 11.3 Å². The summed E-state index contributed by atoms with van der Waals surface area (Å²) in [5.41, 5.74) is 1.76. The Kier molecular flexibility index (Phi) is 4.88. The minimum atomic E-state index is -0.350. The number of carbonyl (C=O) groups excluding carboxylic acids is 2. The number of hydrogen-bond acceptors (Lipinski definition) is 3. The van der Waals surface area contributed by atoms with Crippen molar-refractivity contribution in [2.24, 2.45) is 0 Å². The Bertz CT molecular complexity index is 696. The highest BCUT2D eigenvalue weighted by Crippen LogP contribution is 2.16. The van der Waals surface area contributed by atoms with Crippen LogP contribution in [0.5, 0.6) is 5.75 Å². The normalized spacial score (nSPS) is 10.1. The molecule has 1 N–H and O–H groups in total. The van der Waals surface area contributed by atoms with Crippen molar-refractivity contribution in [2.45, 2.75) is 13.8 Å². The fraction of sp³-hybridized carbons (Fsp3) is 0.176. The topological polar surface area (TPSA) is 55.4 Å². The third kappa shape index (κ3) is 4.15. The molecule has 0 unspecified atom stereocenters. The summed E-state index contributed by atoms with van der Waals surface area (Å²) in [6.07, 6.45) is 0. The number of amides is 1. The number of hydrogen-bond donors (Lipinski definition) is 1. The molecule has 0 spiro atoms. The number of ether oxygens (including phenoxy) is 1. The van der Waals surface area contributed by atoms with Gasteiger partial charge in [-0.25, -0.2) is 4.39 Å². The Morgan fingerprint density at radius 3 is 2.41 bits per heavy atom. The molecule has 0 bridgehead atoms. The first-order valence-electron chi connectivity index (χ1n) is 6.75. The zero-order chi connectivity index (χ0) is 16.1.